The van der Waals surface area contributed by atoms with Crippen LogP contribution in [0.1, 0.15) is 16.7 Å². The second kappa shape index (κ2) is 7.58. The Morgan fingerprint density at radius 1 is 0.920 bits per heavy atom. The Bertz CT molecular complexity index is 897. The summed E-state index contributed by atoms with van der Waals surface area (Å²) < 4.78 is 27.4. The zero-order valence-corrected chi connectivity index (χ0v) is 14.4. The Labute approximate surface area is 150 Å². The van der Waals surface area contributed by atoms with Gasteiger partial charge in [0, 0.05) is 22.4 Å². The van der Waals surface area contributed by atoms with E-state index in [1.807, 2.05) is 43.3 Å². The normalized spacial score (nSPS) is 11.2. The molecule has 0 saturated heterocycles. The summed E-state index contributed by atoms with van der Waals surface area (Å²) in [5.41, 5.74) is 3.76. The molecule has 126 valence electrons. The average molecular weight is 356 g/mol. The van der Waals surface area contributed by atoms with Crippen molar-refractivity contribution in [3.05, 3.63) is 94.0 Å². The van der Waals surface area contributed by atoms with Crippen LogP contribution in [0, 0.1) is 18.6 Å². The van der Waals surface area contributed by atoms with Gasteiger partial charge in [0.05, 0.1) is 6.54 Å². The van der Waals surface area contributed by atoms with Gasteiger partial charge in [-0.3, -0.25) is 4.99 Å². The second-order valence-electron chi connectivity index (χ2n) is 5.74. The van der Waals surface area contributed by atoms with Gasteiger partial charge < -0.3 is 0 Å². The molecule has 3 aromatic rings. The van der Waals surface area contributed by atoms with Crippen LogP contribution in [0.4, 0.5) is 8.78 Å². The lowest BCUT2D eigenvalue weighted by Crippen LogP contribution is -1.95. The van der Waals surface area contributed by atoms with Gasteiger partial charge in [-0.25, -0.2) is 8.78 Å². The summed E-state index contributed by atoms with van der Waals surface area (Å²) >= 11 is 6.32. The van der Waals surface area contributed by atoms with E-state index >= 15 is 0 Å². The van der Waals surface area contributed by atoms with Crippen LogP contribution in [0.3, 0.4) is 0 Å². The third-order valence-corrected chi connectivity index (χ3v) is 4.28. The summed E-state index contributed by atoms with van der Waals surface area (Å²) in [6.07, 6.45) is 1.57. The van der Waals surface area contributed by atoms with Gasteiger partial charge in [-0.2, -0.15) is 0 Å². The molecule has 25 heavy (non-hydrogen) atoms. The number of aliphatic imine (C=N–C) groups is 1. The minimum atomic E-state index is -0.602. The van der Waals surface area contributed by atoms with E-state index in [9.17, 15) is 8.78 Å². The molecule has 0 heterocycles. The van der Waals surface area contributed by atoms with Crippen LogP contribution < -0.4 is 0 Å². The van der Waals surface area contributed by atoms with Crippen LogP contribution in [0.2, 0.25) is 5.02 Å². The Morgan fingerprint density at radius 2 is 1.56 bits per heavy atom. The molecule has 0 radical (unpaired) electrons. The molecule has 1 nitrogen and oxygen atoms in total. The number of nitrogens with zero attached hydrogens (tertiary/aromatic N) is 1. The highest BCUT2D eigenvalue weighted by Gasteiger charge is 2.09. The lowest BCUT2D eigenvalue weighted by Gasteiger charge is -2.09. The van der Waals surface area contributed by atoms with E-state index < -0.39 is 11.6 Å². The summed E-state index contributed by atoms with van der Waals surface area (Å²) in [6, 6.07) is 17.4. The van der Waals surface area contributed by atoms with E-state index in [1.165, 1.54) is 18.2 Å². The molecule has 0 bridgehead atoms. The van der Waals surface area contributed by atoms with E-state index in [0.29, 0.717) is 5.02 Å². The van der Waals surface area contributed by atoms with Crippen molar-refractivity contribution in [2.45, 2.75) is 13.5 Å². The molecule has 0 aliphatic rings. The number of aryl methyl sites for hydroxylation is 1. The van der Waals surface area contributed by atoms with Crippen molar-refractivity contribution in [2.75, 3.05) is 0 Å². The SMILES string of the molecule is Cc1ccc(-c2cccc(Cl)c2C=NCc2c(F)cccc2F)cc1. The van der Waals surface area contributed by atoms with Crippen molar-refractivity contribution in [3.63, 3.8) is 0 Å². The smallest absolute Gasteiger partial charge is 0.131 e. The summed E-state index contributed by atoms with van der Waals surface area (Å²) in [5, 5.41) is 0.538. The van der Waals surface area contributed by atoms with Crippen molar-refractivity contribution >= 4 is 17.8 Å². The maximum atomic E-state index is 13.7. The highest BCUT2D eigenvalue weighted by Crippen LogP contribution is 2.28. The van der Waals surface area contributed by atoms with Gasteiger partial charge in [0.25, 0.3) is 0 Å². The molecule has 0 aliphatic carbocycles. The Morgan fingerprint density at radius 3 is 2.24 bits per heavy atom. The monoisotopic (exact) mass is 355 g/mol. The van der Waals surface area contributed by atoms with Gasteiger partial charge in [0.1, 0.15) is 11.6 Å². The maximum absolute atomic E-state index is 13.7. The summed E-state index contributed by atoms with van der Waals surface area (Å²) in [6.45, 7) is 1.93. The van der Waals surface area contributed by atoms with Crippen molar-refractivity contribution in [1.82, 2.24) is 0 Å². The molecule has 0 spiro atoms. The molecule has 0 amide bonds. The topological polar surface area (TPSA) is 12.4 Å². The molecule has 3 aromatic carbocycles. The zero-order chi connectivity index (χ0) is 17.8. The Kier molecular flexibility index (Phi) is 5.25. The molecule has 0 aliphatic heterocycles. The van der Waals surface area contributed by atoms with E-state index in [0.717, 1.165) is 22.3 Å². The number of hydrogen-bond donors (Lipinski definition) is 0. The molecule has 0 unspecified atom stereocenters. The first-order chi connectivity index (χ1) is 12.1. The molecular formula is C21H16ClF2N. The lowest BCUT2D eigenvalue weighted by atomic mass is 9.99. The van der Waals surface area contributed by atoms with Crippen molar-refractivity contribution in [1.29, 1.82) is 0 Å². The first kappa shape index (κ1) is 17.3. The van der Waals surface area contributed by atoms with Crippen LogP contribution in [-0.2, 0) is 6.54 Å². The Hall–Kier alpha value is -2.52. The standard InChI is InChI=1S/C21H16ClF2N/c1-14-8-10-15(11-9-14)16-4-2-5-19(22)17(16)12-25-13-18-20(23)6-3-7-21(18)24/h2-12H,13H2,1H3. The van der Waals surface area contributed by atoms with E-state index in [-0.39, 0.29) is 12.1 Å². The first-order valence-corrected chi connectivity index (χ1v) is 8.22. The van der Waals surface area contributed by atoms with Gasteiger partial charge in [-0.05, 0) is 36.2 Å². The molecule has 0 fully saturated rings. The molecular weight excluding hydrogens is 340 g/mol. The van der Waals surface area contributed by atoms with Gasteiger partial charge in [-0.1, -0.05) is 59.6 Å². The molecule has 0 N–H and O–H groups in total. The minimum absolute atomic E-state index is 0.0531. The quantitative estimate of drug-likeness (QED) is 0.493. The van der Waals surface area contributed by atoms with E-state index in [4.69, 9.17) is 11.6 Å². The van der Waals surface area contributed by atoms with E-state index in [1.54, 1.807) is 12.3 Å². The summed E-state index contributed by atoms with van der Waals surface area (Å²) in [7, 11) is 0. The van der Waals surface area contributed by atoms with Crippen LogP contribution >= 0.6 is 11.6 Å². The summed E-state index contributed by atoms with van der Waals surface area (Å²) in [4.78, 5) is 4.21. The second-order valence-corrected chi connectivity index (χ2v) is 6.14. The fourth-order valence-electron chi connectivity index (χ4n) is 2.56. The van der Waals surface area contributed by atoms with E-state index in [2.05, 4.69) is 4.99 Å². The highest BCUT2D eigenvalue weighted by molar-refractivity contribution is 6.33. The minimum Gasteiger partial charge on any atom is -0.288 e. The third kappa shape index (κ3) is 3.94. The predicted octanol–water partition coefficient (Wildman–Crippen LogP) is 6.21. The number of benzene rings is 3. The summed E-state index contributed by atoms with van der Waals surface area (Å²) in [5.74, 6) is -1.20. The van der Waals surface area contributed by atoms with Gasteiger partial charge in [-0.15, -0.1) is 0 Å². The number of halogens is 3. The van der Waals surface area contributed by atoms with Crippen molar-refractivity contribution < 1.29 is 8.78 Å². The average Bonchev–Trinajstić information content (AvgIpc) is 2.59. The van der Waals surface area contributed by atoms with Crippen molar-refractivity contribution in [3.8, 4) is 11.1 Å². The zero-order valence-electron chi connectivity index (χ0n) is 13.6. The Balaban J connectivity index is 1.93. The maximum Gasteiger partial charge on any atom is 0.131 e. The lowest BCUT2D eigenvalue weighted by molar-refractivity contribution is 0.557. The van der Waals surface area contributed by atoms with Gasteiger partial charge >= 0.3 is 0 Å². The first-order valence-electron chi connectivity index (χ1n) is 7.84. The highest BCUT2D eigenvalue weighted by atomic mass is 35.5. The van der Waals surface area contributed by atoms with Crippen molar-refractivity contribution in [2.24, 2.45) is 4.99 Å². The molecule has 0 aromatic heterocycles. The molecule has 0 saturated carbocycles. The number of rotatable bonds is 4. The largest absolute Gasteiger partial charge is 0.288 e. The number of hydrogen-bond acceptors (Lipinski definition) is 1. The molecule has 3 rings (SSSR count). The molecule has 0 atom stereocenters. The van der Waals surface area contributed by atoms with Crippen LogP contribution in [0.25, 0.3) is 11.1 Å². The fourth-order valence-corrected chi connectivity index (χ4v) is 2.79. The predicted molar refractivity (Wildman–Crippen MR) is 99.3 cm³/mol. The van der Waals surface area contributed by atoms with Gasteiger partial charge in [0.2, 0.25) is 0 Å². The fraction of sp³-hybridized carbons (Fsp3) is 0.0952. The van der Waals surface area contributed by atoms with Crippen LogP contribution in [0.15, 0.2) is 65.7 Å². The van der Waals surface area contributed by atoms with Crippen LogP contribution in [-0.4, -0.2) is 6.21 Å². The molecule has 4 heteroatoms. The van der Waals surface area contributed by atoms with Gasteiger partial charge in [0.15, 0.2) is 0 Å². The third-order valence-electron chi connectivity index (χ3n) is 3.95. The van der Waals surface area contributed by atoms with Crippen LogP contribution in [0.5, 0.6) is 0 Å².